The lowest BCUT2D eigenvalue weighted by atomic mass is 10.1. The molecule has 4 nitrogen and oxygen atoms in total. The predicted octanol–water partition coefficient (Wildman–Crippen LogP) is 2.26. The van der Waals surface area contributed by atoms with E-state index in [-0.39, 0.29) is 11.7 Å². The van der Waals surface area contributed by atoms with E-state index in [1.165, 1.54) is 7.05 Å². The number of rotatable bonds is 2. The first-order valence-corrected chi connectivity index (χ1v) is 5.07. The Bertz CT molecular complexity index is 494. The zero-order valence-corrected chi connectivity index (χ0v) is 9.52. The Morgan fingerprint density at radius 2 is 2.06 bits per heavy atom. The van der Waals surface area contributed by atoms with Crippen molar-refractivity contribution < 1.29 is 9.32 Å². The van der Waals surface area contributed by atoms with Crippen LogP contribution in [0.3, 0.4) is 0 Å². The van der Waals surface area contributed by atoms with Crippen LogP contribution in [0.5, 0.6) is 0 Å². The van der Waals surface area contributed by atoms with Crippen LogP contribution in [-0.2, 0) is 0 Å². The molecule has 1 heterocycles. The molecule has 0 saturated heterocycles. The van der Waals surface area contributed by atoms with Crippen LogP contribution in [0.15, 0.2) is 40.9 Å². The smallest absolute Gasteiger partial charge is 0.301 e. The monoisotopic (exact) mass is 234 g/mol. The van der Waals surface area contributed by atoms with E-state index < -0.39 is 0 Å². The van der Waals surface area contributed by atoms with Crippen LogP contribution in [0.4, 0.5) is 0 Å². The van der Waals surface area contributed by atoms with Gasteiger partial charge in [0.15, 0.2) is 0 Å². The number of hydrogen-bond acceptors (Lipinski definition) is 4. The van der Waals surface area contributed by atoms with E-state index in [9.17, 15) is 4.79 Å². The van der Waals surface area contributed by atoms with Crippen LogP contribution in [0.25, 0.3) is 11.3 Å². The molecule has 0 aliphatic carbocycles. The third-order valence-electron chi connectivity index (χ3n) is 2.08. The lowest BCUT2D eigenvalue weighted by Crippen LogP contribution is -2.15. The zero-order chi connectivity index (χ0) is 11.5. The summed E-state index contributed by atoms with van der Waals surface area (Å²) in [6.07, 6.45) is 0. The highest BCUT2D eigenvalue weighted by Crippen LogP contribution is 2.19. The average Bonchev–Trinajstić information content (AvgIpc) is 2.78. The van der Waals surface area contributed by atoms with Crippen molar-refractivity contribution in [2.75, 3.05) is 7.05 Å². The van der Waals surface area contributed by atoms with Crippen LogP contribution in [0.1, 0.15) is 10.6 Å². The molecule has 2 rings (SSSR count). The Balaban J connectivity index is 2.30. The molecule has 1 aromatic carbocycles. The summed E-state index contributed by atoms with van der Waals surface area (Å²) in [6.45, 7) is 0. The van der Waals surface area contributed by atoms with E-state index in [4.69, 9.17) is 4.52 Å². The lowest BCUT2D eigenvalue weighted by molar-refractivity contribution is 0.0855. The topological polar surface area (TPSA) is 46.3 Å². The fraction of sp³-hybridized carbons (Fsp3) is 0.0909. The Kier molecular flexibility index (Phi) is 2.96. The second-order valence-electron chi connectivity index (χ2n) is 3.27. The molecule has 0 aliphatic rings. The summed E-state index contributed by atoms with van der Waals surface area (Å²) in [5.41, 5.74) is 1.55. The van der Waals surface area contributed by atoms with Gasteiger partial charge in [0.2, 0.25) is 5.76 Å². The van der Waals surface area contributed by atoms with Gasteiger partial charge in [-0.15, -0.1) is 0 Å². The molecule has 0 aliphatic heterocycles. The summed E-state index contributed by atoms with van der Waals surface area (Å²) in [5, 5.41) is 3.83. The number of carbonyl (C=O) groups excluding carboxylic acids is 1. The summed E-state index contributed by atoms with van der Waals surface area (Å²) in [5.74, 6) is -0.144. The number of nitrogens with zero attached hydrogens (tertiary/aromatic N) is 2. The van der Waals surface area contributed by atoms with Gasteiger partial charge in [-0.2, -0.15) is 0 Å². The normalized spacial score (nSPS) is 10.1. The molecular formula is C11H10N2O2S. The van der Waals surface area contributed by atoms with Crippen molar-refractivity contribution in [3.63, 3.8) is 0 Å². The third kappa shape index (κ3) is 2.09. The number of benzene rings is 1. The minimum absolute atomic E-state index is 0.177. The molecule has 1 aromatic heterocycles. The standard InChI is InChI=1S/C11H10N2O2S/c1-13(16)11(14)10-7-9(12-15-10)8-5-3-2-4-6-8/h2-7,16H,1H3. The first-order chi connectivity index (χ1) is 7.68. The molecule has 16 heavy (non-hydrogen) atoms. The van der Waals surface area contributed by atoms with Crippen LogP contribution < -0.4 is 0 Å². The highest BCUT2D eigenvalue weighted by Gasteiger charge is 2.15. The molecule has 0 spiro atoms. The number of carbonyl (C=O) groups is 1. The largest absolute Gasteiger partial charge is 0.350 e. The lowest BCUT2D eigenvalue weighted by Gasteiger charge is -2.03. The molecule has 82 valence electrons. The van der Waals surface area contributed by atoms with E-state index >= 15 is 0 Å². The van der Waals surface area contributed by atoms with Crippen LogP contribution in [-0.4, -0.2) is 22.4 Å². The molecule has 5 heteroatoms. The summed E-state index contributed by atoms with van der Waals surface area (Å²) >= 11 is 3.90. The molecule has 0 radical (unpaired) electrons. The number of aromatic nitrogens is 1. The fourth-order valence-corrected chi connectivity index (χ4v) is 1.38. The van der Waals surface area contributed by atoms with Crippen molar-refractivity contribution in [1.29, 1.82) is 0 Å². The average molecular weight is 234 g/mol. The van der Waals surface area contributed by atoms with Gasteiger partial charge >= 0.3 is 5.91 Å². The number of hydrogen-bond donors (Lipinski definition) is 1. The molecule has 0 saturated carbocycles. The van der Waals surface area contributed by atoms with Crippen LogP contribution in [0, 0.1) is 0 Å². The molecule has 0 atom stereocenters. The van der Waals surface area contributed by atoms with Gasteiger partial charge in [0.25, 0.3) is 0 Å². The molecule has 0 fully saturated rings. The van der Waals surface area contributed by atoms with Gasteiger partial charge in [-0.3, -0.25) is 9.10 Å². The first kappa shape index (κ1) is 10.8. The van der Waals surface area contributed by atoms with Crippen molar-refractivity contribution in [1.82, 2.24) is 9.46 Å². The maximum Gasteiger partial charge on any atom is 0.301 e. The highest BCUT2D eigenvalue weighted by molar-refractivity contribution is 7.78. The Morgan fingerprint density at radius 3 is 2.69 bits per heavy atom. The van der Waals surface area contributed by atoms with Crippen molar-refractivity contribution in [2.45, 2.75) is 0 Å². The van der Waals surface area contributed by atoms with E-state index in [1.54, 1.807) is 6.07 Å². The van der Waals surface area contributed by atoms with Gasteiger partial charge < -0.3 is 4.52 Å². The predicted molar refractivity (Wildman–Crippen MR) is 63.0 cm³/mol. The van der Waals surface area contributed by atoms with Gasteiger partial charge in [-0.25, -0.2) is 0 Å². The van der Waals surface area contributed by atoms with E-state index in [2.05, 4.69) is 18.0 Å². The molecular weight excluding hydrogens is 224 g/mol. The van der Waals surface area contributed by atoms with Gasteiger partial charge in [0, 0.05) is 18.7 Å². The minimum Gasteiger partial charge on any atom is -0.350 e. The number of amides is 1. The van der Waals surface area contributed by atoms with E-state index in [0.29, 0.717) is 5.69 Å². The van der Waals surface area contributed by atoms with E-state index in [0.717, 1.165) is 9.87 Å². The van der Waals surface area contributed by atoms with Crippen LogP contribution >= 0.6 is 12.8 Å². The Morgan fingerprint density at radius 1 is 1.38 bits per heavy atom. The first-order valence-electron chi connectivity index (χ1n) is 4.67. The maximum atomic E-state index is 11.5. The maximum absolute atomic E-state index is 11.5. The molecule has 0 unspecified atom stereocenters. The Labute approximate surface area is 98.4 Å². The Hall–Kier alpha value is -1.75. The van der Waals surface area contributed by atoms with Gasteiger partial charge in [0.1, 0.15) is 5.69 Å². The van der Waals surface area contributed by atoms with Gasteiger partial charge in [-0.05, 0) is 0 Å². The summed E-state index contributed by atoms with van der Waals surface area (Å²) < 4.78 is 6.10. The van der Waals surface area contributed by atoms with Crippen LogP contribution in [0.2, 0.25) is 0 Å². The molecule has 0 N–H and O–H groups in total. The molecule has 0 bridgehead atoms. The second-order valence-corrected chi connectivity index (χ2v) is 3.87. The molecule has 1 amide bonds. The summed E-state index contributed by atoms with van der Waals surface area (Å²) in [6, 6.07) is 11.1. The quantitative estimate of drug-likeness (QED) is 0.811. The number of thiol groups is 1. The second kappa shape index (κ2) is 4.40. The fourth-order valence-electron chi connectivity index (χ4n) is 1.28. The van der Waals surface area contributed by atoms with Gasteiger partial charge in [-0.1, -0.05) is 48.3 Å². The highest BCUT2D eigenvalue weighted by atomic mass is 32.1. The minimum atomic E-state index is -0.321. The zero-order valence-electron chi connectivity index (χ0n) is 8.62. The third-order valence-corrected chi connectivity index (χ3v) is 2.27. The SMILES string of the molecule is CN(S)C(=O)c1cc(-c2ccccc2)no1. The van der Waals surface area contributed by atoms with Crippen molar-refractivity contribution in [2.24, 2.45) is 0 Å². The summed E-state index contributed by atoms with van der Waals surface area (Å²) in [7, 11) is 1.54. The van der Waals surface area contributed by atoms with Crippen molar-refractivity contribution in [3.05, 3.63) is 42.2 Å². The van der Waals surface area contributed by atoms with E-state index in [1.807, 2.05) is 30.3 Å². The van der Waals surface area contributed by atoms with Crippen molar-refractivity contribution in [3.8, 4) is 11.3 Å². The molecule has 2 aromatic rings. The van der Waals surface area contributed by atoms with Gasteiger partial charge in [0.05, 0.1) is 0 Å². The van der Waals surface area contributed by atoms with Crippen molar-refractivity contribution >= 4 is 18.7 Å². The summed E-state index contributed by atoms with van der Waals surface area (Å²) in [4.78, 5) is 11.5.